The van der Waals surface area contributed by atoms with Crippen LogP contribution in [0.2, 0.25) is 0 Å². The van der Waals surface area contributed by atoms with Crippen molar-refractivity contribution in [3.63, 3.8) is 0 Å². The van der Waals surface area contributed by atoms with Gasteiger partial charge in [0.1, 0.15) is 11.5 Å². The Bertz CT molecular complexity index is 1020. The molecule has 0 spiro atoms. The third-order valence-corrected chi connectivity index (χ3v) is 4.08. The topological polar surface area (TPSA) is 69.4 Å². The van der Waals surface area contributed by atoms with Gasteiger partial charge in [0.15, 0.2) is 16.3 Å². The highest BCUT2D eigenvalue weighted by Crippen LogP contribution is 2.30. The van der Waals surface area contributed by atoms with Crippen LogP contribution in [0.15, 0.2) is 33.5 Å². The van der Waals surface area contributed by atoms with Crippen LogP contribution >= 0.6 is 12.2 Å². The standard InChI is InChI=1S/C18H20N2O4S/c1-4-22-15-8-13-14(9-16(15)23-5-2)19-18(25)20(17(13)21)10-12-7-6-11(3)24-12/h6-9H,4-5,10H2,1-3H3,(H,19,25). The second-order valence-corrected chi connectivity index (χ2v) is 5.93. The van der Waals surface area contributed by atoms with Crippen LogP contribution in [0.25, 0.3) is 10.9 Å². The number of rotatable bonds is 6. The molecule has 25 heavy (non-hydrogen) atoms. The van der Waals surface area contributed by atoms with Gasteiger partial charge in [-0.05, 0) is 51.2 Å². The maximum Gasteiger partial charge on any atom is 0.262 e. The number of aryl methyl sites for hydroxylation is 1. The summed E-state index contributed by atoms with van der Waals surface area (Å²) in [6.45, 7) is 6.89. The minimum absolute atomic E-state index is 0.197. The van der Waals surface area contributed by atoms with Crippen LogP contribution in [-0.4, -0.2) is 22.8 Å². The summed E-state index contributed by atoms with van der Waals surface area (Å²) in [5.41, 5.74) is 0.422. The molecule has 0 amide bonds. The summed E-state index contributed by atoms with van der Waals surface area (Å²) >= 11 is 5.36. The Hall–Kier alpha value is -2.54. The van der Waals surface area contributed by atoms with Crippen LogP contribution < -0.4 is 15.0 Å². The Morgan fingerprint density at radius 1 is 1.16 bits per heavy atom. The van der Waals surface area contributed by atoms with Gasteiger partial charge in [0.2, 0.25) is 0 Å². The summed E-state index contributed by atoms with van der Waals surface area (Å²) in [6.07, 6.45) is 0. The monoisotopic (exact) mass is 360 g/mol. The third-order valence-electron chi connectivity index (χ3n) is 3.76. The van der Waals surface area contributed by atoms with Crippen molar-refractivity contribution < 1.29 is 13.9 Å². The largest absolute Gasteiger partial charge is 0.490 e. The lowest BCUT2D eigenvalue weighted by Gasteiger charge is -2.13. The smallest absolute Gasteiger partial charge is 0.262 e. The Balaban J connectivity index is 2.15. The molecule has 3 aromatic rings. The fourth-order valence-electron chi connectivity index (χ4n) is 2.67. The number of aromatic nitrogens is 2. The van der Waals surface area contributed by atoms with Gasteiger partial charge in [-0.3, -0.25) is 9.36 Å². The average molecular weight is 360 g/mol. The SMILES string of the molecule is CCOc1cc2[nH]c(=S)n(Cc3ccc(C)o3)c(=O)c2cc1OCC. The zero-order chi connectivity index (χ0) is 18.0. The first kappa shape index (κ1) is 17.3. The quantitative estimate of drug-likeness (QED) is 0.677. The molecule has 0 atom stereocenters. The maximum absolute atomic E-state index is 12.9. The van der Waals surface area contributed by atoms with E-state index in [0.717, 1.165) is 5.76 Å². The number of benzene rings is 1. The fourth-order valence-corrected chi connectivity index (χ4v) is 2.92. The molecule has 0 bridgehead atoms. The first-order valence-corrected chi connectivity index (χ1v) is 8.56. The summed E-state index contributed by atoms with van der Waals surface area (Å²) in [5.74, 6) is 2.59. The van der Waals surface area contributed by atoms with E-state index in [1.807, 2.05) is 32.9 Å². The van der Waals surface area contributed by atoms with E-state index < -0.39 is 0 Å². The lowest BCUT2D eigenvalue weighted by molar-refractivity contribution is 0.288. The number of nitrogens with one attached hydrogen (secondary N) is 1. The van der Waals surface area contributed by atoms with Crippen LogP contribution in [-0.2, 0) is 6.54 Å². The van der Waals surface area contributed by atoms with Crippen LogP contribution in [0.4, 0.5) is 0 Å². The van der Waals surface area contributed by atoms with E-state index >= 15 is 0 Å². The Morgan fingerprint density at radius 3 is 2.44 bits per heavy atom. The van der Waals surface area contributed by atoms with Crippen molar-refractivity contribution in [2.24, 2.45) is 0 Å². The third kappa shape index (κ3) is 3.46. The lowest BCUT2D eigenvalue weighted by atomic mass is 10.2. The molecular formula is C18H20N2O4S. The van der Waals surface area contributed by atoms with Crippen LogP contribution in [0, 0.1) is 11.7 Å². The van der Waals surface area contributed by atoms with Crippen molar-refractivity contribution >= 4 is 23.1 Å². The summed E-state index contributed by atoms with van der Waals surface area (Å²) in [5, 5.41) is 0.490. The molecule has 1 N–H and O–H groups in total. The number of hydrogen-bond donors (Lipinski definition) is 1. The Labute approximate surface area is 150 Å². The van der Waals surface area contributed by atoms with Crippen molar-refractivity contribution in [2.45, 2.75) is 27.3 Å². The van der Waals surface area contributed by atoms with E-state index in [0.29, 0.717) is 46.1 Å². The van der Waals surface area contributed by atoms with Crippen molar-refractivity contribution in [3.8, 4) is 11.5 Å². The number of fused-ring (bicyclic) bond motifs is 1. The van der Waals surface area contributed by atoms with Gasteiger partial charge in [0.05, 0.1) is 30.7 Å². The number of ether oxygens (including phenoxy) is 2. The Kier molecular flexibility index (Phi) is 4.94. The molecule has 0 radical (unpaired) electrons. The predicted octanol–water partition coefficient (Wildman–Crippen LogP) is 3.81. The van der Waals surface area contributed by atoms with Gasteiger partial charge in [-0.1, -0.05) is 0 Å². The van der Waals surface area contributed by atoms with Gasteiger partial charge in [-0.15, -0.1) is 0 Å². The summed E-state index contributed by atoms with van der Waals surface area (Å²) in [7, 11) is 0. The summed E-state index contributed by atoms with van der Waals surface area (Å²) in [4.78, 5) is 16.0. The second kappa shape index (κ2) is 7.14. The first-order chi connectivity index (χ1) is 12.0. The molecule has 3 rings (SSSR count). The molecule has 0 saturated heterocycles. The molecule has 0 unspecified atom stereocenters. The normalized spacial score (nSPS) is 11.0. The predicted molar refractivity (Wildman–Crippen MR) is 98.3 cm³/mol. The minimum Gasteiger partial charge on any atom is -0.490 e. The molecular weight excluding hydrogens is 340 g/mol. The van der Waals surface area contributed by atoms with Gasteiger partial charge in [-0.2, -0.15) is 0 Å². The zero-order valence-corrected chi connectivity index (χ0v) is 15.2. The minimum atomic E-state index is -0.197. The Morgan fingerprint density at radius 2 is 1.84 bits per heavy atom. The van der Waals surface area contributed by atoms with E-state index in [1.165, 1.54) is 4.57 Å². The van der Waals surface area contributed by atoms with E-state index in [4.69, 9.17) is 26.1 Å². The van der Waals surface area contributed by atoms with E-state index in [9.17, 15) is 4.79 Å². The van der Waals surface area contributed by atoms with Crippen molar-refractivity contribution in [3.05, 3.63) is 50.9 Å². The number of furan rings is 1. The molecule has 0 saturated carbocycles. The molecule has 0 aliphatic heterocycles. The number of H-pyrrole nitrogens is 1. The molecule has 0 fully saturated rings. The van der Waals surface area contributed by atoms with Gasteiger partial charge in [0.25, 0.3) is 5.56 Å². The zero-order valence-electron chi connectivity index (χ0n) is 14.4. The highest BCUT2D eigenvalue weighted by atomic mass is 32.1. The lowest BCUT2D eigenvalue weighted by Crippen LogP contribution is -2.22. The highest BCUT2D eigenvalue weighted by molar-refractivity contribution is 7.71. The number of nitrogens with zero attached hydrogens (tertiary/aromatic N) is 1. The molecule has 132 valence electrons. The molecule has 0 aliphatic carbocycles. The maximum atomic E-state index is 12.9. The van der Waals surface area contributed by atoms with Crippen LogP contribution in [0.5, 0.6) is 11.5 Å². The average Bonchev–Trinajstić information content (AvgIpc) is 2.98. The molecule has 0 aliphatic rings. The highest BCUT2D eigenvalue weighted by Gasteiger charge is 2.13. The molecule has 6 nitrogen and oxygen atoms in total. The summed E-state index contributed by atoms with van der Waals surface area (Å²) < 4.78 is 18.6. The number of hydrogen-bond acceptors (Lipinski definition) is 5. The van der Waals surface area contributed by atoms with Crippen molar-refractivity contribution in [1.29, 1.82) is 0 Å². The van der Waals surface area contributed by atoms with Crippen molar-refractivity contribution in [2.75, 3.05) is 13.2 Å². The van der Waals surface area contributed by atoms with Gasteiger partial charge >= 0.3 is 0 Å². The van der Waals surface area contributed by atoms with Gasteiger partial charge < -0.3 is 18.9 Å². The number of aromatic amines is 1. The summed E-state index contributed by atoms with van der Waals surface area (Å²) in [6, 6.07) is 7.14. The molecule has 7 heteroatoms. The van der Waals surface area contributed by atoms with Gasteiger partial charge in [-0.25, -0.2) is 0 Å². The van der Waals surface area contributed by atoms with Crippen LogP contribution in [0.1, 0.15) is 25.4 Å². The first-order valence-electron chi connectivity index (χ1n) is 8.15. The fraction of sp³-hybridized carbons (Fsp3) is 0.333. The van der Waals surface area contributed by atoms with Gasteiger partial charge in [0, 0.05) is 6.07 Å². The molecule has 2 heterocycles. The molecule has 2 aromatic heterocycles. The molecule has 1 aromatic carbocycles. The van der Waals surface area contributed by atoms with Crippen molar-refractivity contribution in [1.82, 2.24) is 9.55 Å². The second-order valence-electron chi connectivity index (χ2n) is 5.54. The van der Waals surface area contributed by atoms with E-state index in [2.05, 4.69) is 4.98 Å². The van der Waals surface area contributed by atoms with E-state index in [1.54, 1.807) is 12.1 Å². The van der Waals surface area contributed by atoms with Crippen LogP contribution in [0.3, 0.4) is 0 Å². The van der Waals surface area contributed by atoms with E-state index in [-0.39, 0.29) is 12.1 Å².